The van der Waals surface area contributed by atoms with Crippen LogP contribution >= 0.6 is 0 Å². The van der Waals surface area contributed by atoms with Crippen LogP contribution in [0.1, 0.15) is 43.7 Å². The van der Waals surface area contributed by atoms with Gasteiger partial charge in [-0.3, -0.25) is 0 Å². The third-order valence-corrected chi connectivity index (χ3v) is 5.82. The number of rotatable bonds is 6. The molecule has 0 bridgehead atoms. The van der Waals surface area contributed by atoms with E-state index in [4.69, 9.17) is 6.92 Å². The fraction of sp³-hybridized carbons (Fsp3) is 0.222. The zero-order chi connectivity index (χ0) is 18.7. The highest BCUT2D eigenvalue weighted by atomic mass is 14.3. The molecule has 0 atom stereocenters. The highest BCUT2D eigenvalue weighted by Crippen LogP contribution is 2.42. The van der Waals surface area contributed by atoms with E-state index in [1.807, 2.05) is 0 Å². The summed E-state index contributed by atoms with van der Waals surface area (Å²) in [5.74, 6) is 0. The summed E-state index contributed by atoms with van der Waals surface area (Å²) in [5.41, 5.74) is 2.43. The molecule has 0 heterocycles. The van der Waals surface area contributed by atoms with Gasteiger partial charge in [0.15, 0.2) is 0 Å². The summed E-state index contributed by atoms with van der Waals surface area (Å²) in [6.45, 7) is 7.15. The maximum atomic E-state index is 4.88. The van der Waals surface area contributed by atoms with E-state index in [-0.39, 0.29) is 5.41 Å². The van der Waals surface area contributed by atoms with Crippen molar-refractivity contribution in [1.82, 2.24) is 0 Å². The summed E-state index contributed by atoms with van der Waals surface area (Å²) in [4.78, 5) is 0. The lowest BCUT2D eigenvalue weighted by molar-refractivity contribution is 0.533. The average molecular weight is 352 g/mol. The van der Waals surface area contributed by atoms with Gasteiger partial charge in [0, 0.05) is 5.41 Å². The Morgan fingerprint density at radius 3 is 1.63 bits per heavy atom. The van der Waals surface area contributed by atoms with Crippen LogP contribution in [0.3, 0.4) is 0 Å². The summed E-state index contributed by atoms with van der Waals surface area (Å²) in [6.07, 6.45) is 4.71. The van der Waals surface area contributed by atoms with Gasteiger partial charge in [-0.25, -0.2) is 0 Å². The molecule has 0 aliphatic heterocycles. The smallest absolute Gasteiger partial charge is 0.0215 e. The molecule has 0 aromatic heterocycles. The van der Waals surface area contributed by atoms with Gasteiger partial charge in [-0.05, 0) is 46.0 Å². The maximum Gasteiger partial charge on any atom is 0.0215 e. The van der Waals surface area contributed by atoms with E-state index in [0.29, 0.717) is 0 Å². The van der Waals surface area contributed by atoms with Crippen molar-refractivity contribution < 1.29 is 0 Å². The van der Waals surface area contributed by atoms with Crippen molar-refractivity contribution in [2.45, 2.75) is 38.0 Å². The van der Waals surface area contributed by atoms with Crippen LogP contribution in [-0.2, 0) is 5.41 Å². The molecule has 0 unspecified atom stereocenters. The molecule has 1 radical (unpaired) electrons. The Kier molecular flexibility index (Phi) is 4.99. The Morgan fingerprint density at radius 1 is 0.630 bits per heavy atom. The highest BCUT2D eigenvalue weighted by Gasteiger charge is 2.31. The molecular weight excluding hydrogens is 324 g/mol. The number of hydrogen-bond acceptors (Lipinski definition) is 0. The fourth-order valence-corrected chi connectivity index (χ4v) is 4.38. The van der Waals surface area contributed by atoms with Gasteiger partial charge in [0.25, 0.3) is 0 Å². The summed E-state index contributed by atoms with van der Waals surface area (Å²) < 4.78 is 0. The third-order valence-electron chi connectivity index (χ3n) is 5.82. The van der Waals surface area contributed by atoms with Crippen molar-refractivity contribution in [2.75, 3.05) is 0 Å². The van der Waals surface area contributed by atoms with E-state index in [2.05, 4.69) is 91.9 Å². The number of benzene rings is 4. The van der Waals surface area contributed by atoms with Crippen molar-refractivity contribution in [1.29, 1.82) is 0 Å². The molecule has 0 amide bonds. The summed E-state index contributed by atoms with van der Waals surface area (Å²) in [6, 6.07) is 30.7. The summed E-state index contributed by atoms with van der Waals surface area (Å²) in [5, 5.41) is 5.22. The molecule has 0 N–H and O–H groups in total. The quantitative estimate of drug-likeness (QED) is 0.312. The lowest BCUT2D eigenvalue weighted by Crippen LogP contribution is -2.25. The van der Waals surface area contributed by atoms with Crippen LogP contribution in [0.15, 0.2) is 84.9 Å². The number of hydrogen-bond donors (Lipinski definition) is 0. The topological polar surface area (TPSA) is 0 Å². The number of fused-ring (bicyclic) bond motifs is 2. The van der Waals surface area contributed by atoms with Gasteiger partial charge in [-0.1, -0.05) is 111 Å². The minimum Gasteiger partial charge on any atom is -0.0654 e. The van der Waals surface area contributed by atoms with Crippen molar-refractivity contribution >= 4 is 21.5 Å². The first-order valence-electron chi connectivity index (χ1n) is 10.1. The summed E-state index contributed by atoms with van der Waals surface area (Å²) >= 11 is 0. The first-order chi connectivity index (χ1) is 13.2. The molecule has 4 aromatic carbocycles. The van der Waals surface area contributed by atoms with Gasteiger partial charge < -0.3 is 0 Å². The largest absolute Gasteiger partial charge is 0.0654 e. The Labute approximate surface area is 162 Å². The molecule has 27 heavy (non-hydrogen) atoms. The zero-order valence-electron chi connectivity index (χ0n) is 16.1. The van der Waals surface area contributed by atoms with E-state index in [1.165, 1.54) is 51.9 Å². The molecule has 4 rings (SSSR count). The zero-order valence-corrected chi connectivity index (χ0v) is 16.1. The van der Waals surface area contributed by atoms with Gasteiger partial charge >= 0.3 is 0 Å². The third kappa shape index (κ3) is 3.25. The van der Waals surface area contributed by atoms with Crippen LogP contribution in [0.25, 0.3) is 21.5 Å². The molecule has 0 aliphatic rings. The maximum absolute atomic E-state index is 4.88. The standard InChI is InChI=1S/C27H27/c1-3-4-9-20-27(2,25-18-10-14-21-12-5-7-16-23(21)25)26-19-11-15-22-13-6-8-17-24(22)26/h5-8,10-19H,2-4,9,20H2,1H3. The van der Waals surface area contributed by atoms with E-state index in [9.17, 15) is 0 Å². The van der Waals surface area contributed by atoms with Gasteiger partial charge in [0.1, 0.15) is 0 Å². The average Bonchev–Trinajstić information content (AvgIpc) is 2.73. The molecular formula is C27H27. The second kappa shape index (κ2) is 7.56. The fourth-order valence-electron chi connectivity index (χ4n) is 4.38. The van der Waals surface area contributed by atoms with Gasteiger partial charge in [0.2, 0.25) is 0 Å². The lowest BCUT2D eigenvalue weighted by atomic mass is 9.70. The highest BCUT2D eigenvalue weighted by molar-refractivity contribution is 5.91. The normalized spacial score (nSPS) is 11.9. The Morgan fingerprint density at radius 2 is 1.11 bits per heavy atom. The van der Waals surface area contributed by atoms with Crippen molar-refractivity contribution in [3.8, 4) is 0 Å². The lowest BCUT2D eigenvalue weighted by Gasteiger charge is -2.33. The van der Waals surface area contributed by atoms with Gasteiger partial charge in [0.05, 0.1) is 0 Å². The molecule has 135 valence electrons. The Balaban J connectivity index is 1.97. The van der Waals surface area contributed by atoms with Crippen LogP contribution in [0.2, 0.25) is 0 Å². The van der Waals surface area contributed by atoms with Crippen LogP contribution in [0.4, 0.5) is 0 Å². The predicted molar refractivity (Wildman–Crippen MR) is 118 cm³/mol. The van der Waals surface area contributed by atoms with Crippen LogP contribution < -0.4 is 0 Å². The molecule has 0 saturated heterocycles. The van der Waals surface area contributed by atoms with Gasteiger partial charge in [-0.2, -0.15) is 0 Å². The van der Waals surface area contributed by atoms with Crippen molar-refractivity contribution in [3.63, 3.8) is 0 Å². The first-order valence-corrected chi connectivity index (χ1v) is 10.1. The van der Waals surface area contributed by atoms with Crippen LogP contribution in [-0.4, -0.2) is 0 Å². The second-order valence-electron chi connectivity index (χ2n) is 7.59. The van der Waals surface area contributed by atoms with Crippen LogP contribution in [0, 0.1) is 6.92 Å². The Hall–Kier alpha value is -2.60. The monoisotopic (exact) mass is 351 g/mol. The minimum absolute atomic E-state index is 0.253. The van der Waals surface area contributed by atoms with E-state index < -0.39 is 0 Å². The SMILES string of the molecule is [CH2]C(CCCCC)(c1cccc2ccccc12)c1cccc2ccccc12. The Bertz CT molecular complexity index is 968. The molecule has 0 heteroatoms. The second-order valence-corrected chi connectivity index (χ2v) is 7.59. The molecule has 0 aliphatic carbocycles. The minimum atomic E-state index is -0.253. The van der Waals surface area contributed by atoms with Crippen LogP contribution in [0.5, 0.6) is 0 Å². The van der Waals surface area contributed by atoms with E-state index in [0.717, 1.165) is 6.42 Å². The van der Waals surface area contributed by atoms with Crippen molar-refractivity contribution in [2.24, 2.45) is 0 Å². The molecule has 0 saturated carbocycles. The van der Waals surface area contributed by atoms with E-state index in [1.54, 1.807) is 0 Å². The van der Waals surface area contributed by atoms with Gasteiger partial charge in [-0.15, -0.1) is 0 Å². The van der Waals surface area contributed by atoms with E-state index >= 15 is 0 Å². The molecule has 4 aromatic rings. The molecule has 0 spiro atoms. The molecule has 0 nitrogen and oxygen atoms in total. The molecule has 0 fully saturated rings. The first kappa shape index (κ1) is 17.8. The summed E-state index contributed by atoms with van der Waals surface area (Å²) in [7, 11) is 0. The van der Waals surface area contributed by atoms with Crippen molar-refractivity contribution in [3.05, 3.63) is 103 Å². The number of unbranched alkanes of at least 4 members (excludes halogenated alkanes) is 2. The predicted octanol–water partition coefficient (Wildman–Crippen LogP) is 7.69.